The van der Waals surface area contributed by atoms with E-state index in [-0.39, 0.29) is 0 Å². The molecule has 16 heavy (non-hydrogen) atoms. The molecule has 0 aromatic heterocycles. The van der Waals surface area contributed by atoms with Crippen molar-refractivity contribution in [3.63, 3.8) is 0 Å². The molecule has 0 amide bonds. The fraction of sp³-hybridized carbons (Fsp3) is 1.00. The molecule has 0 heterocycles. The molecule has 0 saturated heterocycles. The number of hydrogen-bond acceptors (Lipinski definition) is 1. The van der Waals surface area contributed by atoms with Gasteiger partial charge in [0.1, 0.15) is 5.60 Å². The summed E-state index contributed by atoms with van der Waals surface area (Å²) in [7, 11) is 0. The Kier molecular flexibility index (Phi) is 8.97. The standard InChI is InChI=1S/C12H23Br2ClO/c1-3-5-7-9-11(16,12(13,14)15)10-8-6-4-2/h16H,3-10H2,1-2H3. The molecule has 1 nitrogen and oxygen atoms in total. The minimum absolute atomic E-state index is 0.741. The zero-order chi connectivity index (χ0) is 12.7. The van der Waals surface area contributed by atoms with Crippen molar-refractivity contribution < 1.29 is 5.11 Å². The van der Waals surface area contributed by atoms with Gasteiger partial charge in [0.05, 0.1) is 0 Å². The van der Waals surface area contributed by atoms with Crippen molar-refractivity contribution in [1.82, 2.24) is 0 Å². The average molecular weight is 379 g/mol. The van der Waals surface area contributed by atoms with E-state index in [1.54, 1.807) is 0 Å². The maximum Gasteiger partial charge on any atom is 0.181 e. The molecule has 0 atom stereocenters. The maximum absolute atomic E-state index is 10.6. The third-order valence-corrected chi connectivity index (χ3v) is 4.74. The van der Waals surface area contributed by atoms with Crippen molar-refractivity contribution in [3.05, 3.63) is 0 Å². The second kappa shape index (κ2) is 8.34. The smallest absolute Gasteiger partial charge is 0.181 e. The zero-order valence-corrected chi connectivity index (χ0v) is 14.2. The highest BCUT2D eigenvalue weighted by atomic mass is 79.9. The van der Waals surface area contributed by atoms with Crippen LogP contribution in [0.15, 0.2) is 0 Å². The van der Waals surface area contributed by atoms with Crippen LogP contribution in [0.4, 0.5) is 0 Å². The summed E-state index contributed by atoms with van der Waals surface area (Å²) in [5, 5.41) is 10.6. The molecule has 4 heteroatoms. The monoisotopic (exact) mass is 376 g/mol. The van der Waals surface area contributed by atoms with Crippen LogP contribution in [0.2, 0.25) is 0 Å². The highest BCUT2D eigenvalue weighted by molar-refractivity contribution is 9.26. The average Bonchev–Trinajstić information content (AvgIpc) is 2.17. The summed E-state index contributed by atoms with van der Waals surface area (Å²) < 4.78 is -0.894. The summed E-state index contributed by atoms with van der Waals surface area (Å²) in [5.41, 5.74) is -0.862. The van der Waals surface area contributed by atoms with Gasteiger partial charge in [0, 0.05) is 0 Å². The Labute approximate surface area is 122 Å². The molecule has 0 fully saturated rings. The highest BCUT2D eigenvalue weighted by Gasteiger charge is 2.44. The van der Waals surface area contributed by atoms with E-state index in [0.717, 1.165) is 51.4 Å². The molecule has 1 N–H and O–H groups in total. The van der Waals surface area contributed by atoms with Gasteiger partial charge in [-0.15, -0.1) is 0 Å². The fourth-order valence-electron chi connectivity index (χ4n) is 1.74. The van der Waals surface area contributed by atoms with E-state index >= 15 is 0 Å². The van der Waals surface area contributed by atoms with Gasteiger partial charge in [0.15, 0.2) is 2.69 Å². The van der Waals surface area contributed by atoms with Crippen molar-refractivity contribution in [1.29, 1.82) is 0 Å². The molecule has 98 valence electrons. The number of rotatable bonds is 9. The Morgan fingerprint density at radius 2 is 1.31 bits per heavy atom. The number of unbranched alkanes of at least 4 members (excludes halogenated alkanes) is 4. The lowest BCUT2D eigenvalue weighted by Gasteiger charge is -2.35. The normalized spacial score (nSPS) is 13.1. The first-order valence-corrected chi connectivity index (χ1v) is 8.13. The van der Waals surface area contributed by atoms with Crippen LogP contribution in [0.25, 0.3) is 0 Å². The second-order valence-corrected chi connectivity index (χ2v) is 9.37. The molecule has 0 aromatic carbocycles. The summed E-state index contributed by atoms with van der Waals surface area (Å²) in [6, 6.07) is 0. The van der Waals surface area contributed by atoms with Gasteiger partial charge in [0.2, 0.25) is 0 Å². The van der Waals surface area contributed by atoms with Crippen LogP contribution in [0.5, 0.6) is 0 Å². The van der Waals surface area contributed by atoms with Crippen LogP contribution in [-0.2, 0) is 0 Å². The highest BCUT2D eigenvalue weighted by Crippen LogP contribution is 2.47. The Morgan fingerprint density at radius 1 is 0.938 bits per heavy atom. The summed E-state index contributed by atoms with van der Waals surface area (Å²) in [6.07, 6.45) is 8.12. The van der Waals surface area contributed by atoms with Gasteiger partial charge in [-0.25, -0.2) is 0 Å². The second-order valence-electron chi connectivity index (χ2n) is 4.44. The molecular formula is C12H23Br2ClO. The van der Waals surface area contributed by atoms with Crippen LogP contribution < -0.4 is 0 Å². The summed E-state index contributed by atoms with van der Waals surface area (Å²) in [5.74, 6) is 0. The minimum Gasteiger partial charge on any atom is -0.386 e. The largest absolute Gasteiger partial charge is 0.386 e. The summed E-state index contributed by atoms with van der Waals surface area (Å²) >= 11 is 12.9. The van der Waals surface area contributed by atoms with E-state index in [2.05, 4.69) is 45.7 Å². The van der Waals surface area contributed by atoms with Crippen LogP contribution in [-0.4, -0.2) is 13.4 Å². The van der Waals surface area contributed by atoms with Crippen molar-refractivity contribution in [2.24, 2.45) is 0 Å². The third kappa shape index (κ3) is 6.23. The molecule has 0 radical (unpaired) electrons. The molecule has 0 aliphatic rings. The number of hydrogen-bond donors (Lipinski definition) is 1. The molecule has 0 bridgehead atoms. The molecule has 0 spiro atoms. The first kappa shape index (κ1) is 17.2. The third-order valence-electron chi connectivity index (χ3n) is 2.92. The Morgan fingerprint density at radius 3 is 1.56 bits per heavy atom. The number of alkyl halides is 3. The van der Waals surface area contributed by atoms with Gasteiger partial charge in [0.25, 0.3) is 0 Å². The van der Waals surface area contributed by atoms with Crippen molar-refractivity contribution in [2.45, 2.75) is 73.5 Å². The van der Waals surface area contributed by atoms with Crippen LogP contribution in [0.3, 0.4) is 0 Å². The SMILES string of the molecule is CCCCCC(O)(CCCCC)C(Cl)(Br)Br. The predicted molar refractivity (Wildman–Crippen MR) is 79.7 cm³/mol. The van der Waals surface area contributed by atoms with Gasteiger partial charge in [-0.1, -0.05) is 95.8 Å². The lowest BCUT2D eigenvalue weighted by molar-refractivity contribution is 0.0283. The van der Waals surface area contributed by atoms with E-state index in [1.165, 1.54) is 0 Å². The lowest BCUT2D eigenvalue weighted by atomic mass is 9.92. The van der Waals surface area contributed by atoms with Crippen molar-refractivity contribution in [2.75, 3.05) is 0 Å². The molecule has 0 aliphatic carbocycles. The van der Waals surface area contributed by atoms with Gasteiger partial charge in [-0.05, 0) is 12.8 Å². The molecule has 0 saturated carbocycles. The van der Waals surface area contributed by atoms with Crippen LogP contribution >= 0.6 is 43.5 Å². The Bertz CT molecular complexity index is 170. The summed E-state index contributed by atoms with van der Waals surface area (Å²) in [6.45, 7) is 4.32. The van der Waals surface area contributed by atoms with Gasteiger partial charge < -0.3 is 5.11 Å². The van der Waals surface area contributed by atoms with Crippen molar-refractivity contribution in [3.8, 4) is 0 Å². The molecule has 0 unspecified atom stereocenters. The summed E-state index contributed by atoms with van der Waals surface area (Å²) in [4.78, 5) is 0. The first-order valence-electron chi connectivity index (χ1n) is 6.16. The zero-order valence-electron chi connectivity index (χ0n) is 10.2. The molecule has 0 aliphatic heterocycles. The number of aliphatic hydroxyl groups is 1. The Balaban J connectivity index is 4.26. The van der Waals surface area contributed by atoms with Crippen LogP contribution in [0, 0.1) is 0 Å². The Hall–Kier alpha value is 1.21. The lowest BCUT2D eigenvalue weighted by Crippen LogP contribution is -2.42. The van der Waals surface area contributed by atoms with Crippen molar-refractivity contribution >= 4 is 43.5 Å². The maximum atomic E-state index is 10.6. The quantitative estimate of drug-likeness (QED) is 0.411. The fourth-order valence-corrected chi connectivity index (χ4v) is 2.73. The van der Waals surface area contributed by atoms with E-state index in [4.69, 9.17) is 11.6 Å². The topological polar surface area (TPSA) is 20.2 Å². The van der Waals surface area contributed by atoms with Gasteiger partial charge in [-0.2, -0.15) is 0 Å². The van der Waals surface area contributed by atoms with Crippen LogP contribution in [0.1, 0.15) is 65.2 Å². The van der Waals surface area contributed by atoms with E-state index in [9.17, 15) is 5.11 Å². The predicted octanol–water partition coefficient (Wildman–Crippen LogP) is 5.56. The van der Waals surface area contributed by atoms with E-state index < -0.39 is 8.29 Å². The van der Waals surface area contributed by atoms with E-state index in [1.807, 2.05) is 0 Å². The molecule has 0 aromatic rings. The molecule has 0 rings (SSSR count). The molecular weight excluding hydrogens is 355 g/mol. The first-order chi connectivity index (χ1) is 7.37. The van der Waals surface area contributed by atoms with Gasteiger partial charge in [-0.3, -0.25) is 0 Å². The van der Waals surface area contributed by atoms with Gasteiger partial charge >= 0.3 is 0 Å². The van der Waals surface area contributed by atoms with E-state index in [0.29, 0.717) is 0 Å². The number of halogens is 3. The minimum atomic E-state index is -0.894.